The Bertz CT molecular complexity index is 948. The van der Waals surface area contributed by atoms with E-state index in [1.165, 1.54) is 29.6 Å². The molecule has 0 aliphatic carbocycles. The zero-order chi connectivity index (χ0) is 22.3. The molecular weight excluding hydrogens is 416 g/mol. The average Bonchev–Trinajstić information content (AvgIpc) is 3.08. The van der Waals surface area contributed by atoms with Crippen LogP contribution < -0.4 is 5.73 Å². The first kappa shape index (κ1) is 22.7. The highest BCUT2D eigenvalue weighted by Gasteiger charge is 2.22. The summed E-state index contributed by atoms with van der Waals surface area (Å²) in [6.07, 6.45) is 0. The molecule has 2 aromatic rings. The lowest BCUT2D eigenvalue weighted by Gasteiger charge is -2.18. The molecule has 11 nitrogen and oxygen atoms in total. The Balaban J connectivity index is 2.05. The Kier molecular flexibility index (Phi) is 7.42. The van der Waals surface area contributed by atoms with E-state index in [-0.39, 0.29) is 28.8 Å². The smallest absolute Gasteiger partial charge is 0.363 e. The summed E-state index contributed by atoms with van der Waals surface area (Å²) < 4.78 is 10.3. The fourth-order valence-corrected chi connectivity index (χ4v) is 2.58. The molecule has 0 unspecified atom stereocenters. The Labute approximate surface area is 175 Å². The van der Waals surface area contributed by atoms with Crippen LogP contribution in [0.4, 0.5) is 10.8 Å². The van der Waals surface area contributed by atoms with Gasteiger partial charge in [-0.25, -0.2) is 14.6 Å². The molecule has 0 bridgehead atoms. The van der Waals surface area contributed by atoms with E-state index in [9.17, 15) is 19.7 Å². The van der Waals surface area contributed by atoms with E-state index in [0.29, 0.717) is 5.56 Å². The van der Waals surface area contributed by atoms with E-state index < -0.39 is 29.1 Å². The van der Waals surface area contributed by atoms with Crippen LogP contribution in [0.3, 0.4) is 0 Å². The van der Waals surface area contributed by atoms with E-state index in [0.717, 1.165) is 11.3 Å². The van der Waals surface area contributed by atoms with Gasteiger partial charge in [-0.05, 0) is 38.5 Å². The lowest BCUT2D eigenvalue weighted by Crippen LogP contribution is -2.26. The zero-order valence-electron chi connectivity index (χ0n) is 16.5. The van der Waals surface area contributed by atoms with Gasteiger partial charge in [0.1, 0.15) is 17.9 Å². The molecule has 0 fully saturated rings. The van der Waals surface area contributed by atoms with Crippen molar-refractivity contribution in [3.05, 3.63) is 51.0 Å². The van der Waals surface area contributed by atoms with Gasteiger partial charge in [0.05, 0.1) is 4.92 Å². The molecule has 0 radical (unpaired) electrons. The molecular formula is C18H20N4O7S. The monoisotopic (exact) mass is 436 g/mol. The number of esters is 2. The minimum Gasteiger partial charge on any atom is -0.457 e. The number of benzene rings is 1. The van der Waals surface area contributed by atoms with E-state index in [2.05, 4.69) is 10.1 Å². The maximum atomic E-state index is 12.5. The SMILES string of the molecule is CC(C)(C)OC(=O)CO/N=C(\C(=O)OCc1ccc([N+](=O)[O-])cc1)c1csc(N)n1. The Morgan fingerprint density at radius 2 is 1.93 bits per heavy atom. The highest BCUT2D eigenvalue weighted by Crippen LogP contribution is 2.15. The molecule has 2 N–H and O–H groups in total. The van der Waals surface area contributed by atoms with Crippen molar-refractivity contribution in [1.82, 2.24) is 4.98 Å². The quantitative estimate of drug-likeness (QED) is 0.284. The predicted octanol–water partition coefficient (Wildman–Crippen LogP) is 2.44. The van der Waals surface area contributed by atoms with Gasteiger partial charge < -0.3 is 20.0 Å². The Hall–Kier alpha value is -3.54. The first-order chi connectivity index (χ1) is 14.0. The minimum atomic E-state index is -0.872. The second-order valence-electron chi connectivity index (χ2n) is 6.87. The summed E-state index contributed by atoms with van der Waals surface area (Å²) in [5.74, 6) is -1.54. The number of nitro groups is 1. The number of nitrogens with two attached hydrogens (primary N) is 1. The summed E-state index contributed by atoms with van der Waals surface area (Å²) in [6, 6.07) is 5.51. The second kappa shape index (κ2) is 9.78. The van der Waals surface area contributed by atoms with Crippen LogP contribution in [0.25, 0.3) is 0 Å². The second-order valence-corrected chi connectivity index (χ2v) is 7.76. The number of carbonyl (C=O) groups excluding carboxylic acids is 2. The number of carbonyl (C=O) groups is 2. The van der Waals surface area contributed by atoms with Gasteiger partial charge in [-0.3, -0.25) is 10.1 Å². The van der Waals surface area contributed by atoms with Crippen molar-refractivity contribution in [2.45, 2.75) is 33.0 Å². The van der Waals surface area contributed by atoms with Crippen molar-refractivity contribution >= 4 is 39.8 Å². The van der Waals surface area contributed by atoms with Crippen molar-refractivity contribution in [2.24, 2.45) is 5.16 Å². The molecule has 2 rings (SSSR count). The van der Waals surface area contributed by atoms with Crippen LogP contribution in [0, 0.1) is 10.1 Å². The maximum absolute atomic E-state index is 12.5. The molecule has 30 heavy (non-hydrogen) atoms. The summed E-state index contributed by atoms with van der Waals surface area (Å²) >= 11 is 1.08. The van der Waals surface area contributed by atoms with Gasteiger partial charge >= 0.3 is 11.9 Å². The standard InChI is InChI=1S/C18H20N4O7S/c1-18(2,3)29-14(23)9-28-21-15(13-10-30-17(19)20-13)16(24)27-8-11-4-6-12(7-5-11)22(25)26/h4-7,10H,8-9H2,1-3H3,(H2,19,20)/b21-15-. The first-order valence-electron chi connectivity index (χ1n) is 8.59. The van der Waals surface area contributed by atoms with Crippen molar-refractivity contribution in [3.8, 4) is 0 Å². The van der Waals surface area contributed by atoms with Gasteiger partial charge in [-0.15, -0.1) is 11.3 Å². The molecule has 1 aromatic heterocycles. The molecule has 0 spiro atoms. The molecule has 0 saturated heterocycles. The number of aromatic nitrogens is 1. The van der Waals surface area contributed by atoms with Gasteiger partial charge in [0.25, 0.3) is 5.69 Å². The molecule has 1 heterocycles. The molecule has 0 aliphatic rings. The van der Waals surface area contributed by atoms with Crippen LogP contribution in [0.15, 0.2) is 34.8 Å². The third kappa shape index (κ3) is 7.13. The fraction of sp³-hybridized carbons (Fsp3) is 0.333. The van der Waals surface area contributed by atoms with Crippen LogP contribution in [0.1, 0.15) is 32.0 Å². The number of nitrogen functional groups attached to an aromatic ring is 1. The van der Waals surface area contributed by atoms with Crippen molar-refractivity contribution in [1.29, 1.82) is 0 Å². The number of thiazole rings is 1. The number of ether oxygens (including phenoxy) is 2. The topological polar surface area (TPSA) is 156 Å². The van der Waals surface area contributed by atoms with Gasteiger partial charge in [0.15, 0.2) is 5.13 Å². The van der Waals surface area contributed by atoms with E-state index in [1.54, 1.807) is 20.8 Å². The lowest BCUT2D eigenvalue weighted by molar-refractivity contribution is -0.384. The number of nitro benzene ring substituents is 1. The largest absolute Gasteiger partial charge is 0.457 e. The molecule has 160 valence electrons. The first-order valence-corrected chi connectivity index (χ1v) is 9.47. The Morgan fingerprint density at radius 1 is 1.27 bits per heavy atom. The normalized spacial score (nSPS) is 11.6. The molecule has 12 heteroatoms. The van der Waals surface area contributed by atoms with Gasteiger partial charge in [-0.2, -0.15) is 0 Å². The Morgan fingerprint density at radius 3 is 2.47 bits per heavy atom. The maximum Gasteiger partial charge on any atom is 0.363 e. The predicted molar refractivity (Wildman–Crippen MR) is 108 cm³/mol. The molecule has 0 amide bonds. The highest BCUT2D eigenvalue weighted by molar-refractivity contribution is 7.13. The van der Waals surface area contributed by atoms with E-state index in [4.69, 9.17) is 20.0 Å². The summed E-state index contributed by atoms with van der Waals surface area (Å²) in [5.41, 5.74) is 5.19. The third-order valence-corrected chi connectivity index (χ3v) is 3.91. The van der Waals surface area contributed by atoms with Crippen molar-refractivity contribution < 1.29 is 28.8 Å². The van der Waals surface area contributed by atoms with Crippen LogP contribution >= 0.6 is 11.3 Å². The van der Waals surface area contributed by atoms with Crippen molar-refractivity contribution in [3.63, 3.8) is 0 Å². The zero-order valence-corrected chi connectivity index (χ0v) is 17.3. The van der Waals surface area contributed by atoms with Crippen LogP contribution in [-0.2, 0) is 30.5 Å². The number of anilines is 1. The number of nitrogens with zero attached hydrogens (tertiary/aromatic N) is 3. The highest BCUT2D eigenvalue weighted by atomic mass is 32.1. The summed E-state index contributed by atoms with van der Waals surface area (Å²) in [7, 11) is 0. The minimum absolute atomic E-state index is 0.0826. The van der Waals surface area contributed by atoms with Crippen LogP contribution in [0.2, 0.25) is 0 Å². The molecule has 0 saturated carbocycles. The number of non-ortho nitro benzene ring substituents is 1. The van der Waals surface area contributed by atoms with E-state index in [1.807, 2.05) is 0 Å². The summed E-state index contributed by atoms with van der Waals surface area (Å²) in [6.45, 7) is 4.42. The lowest BCUT2D eigenvalue weighted by atomic mass is 10.2. The molecule has 0 aliphatic heterocycles. The molecule has 1 aromatic carbocycles. The van der Waals surface area contributed by atoms with Crippen LogP contribution in [0.5, 0.6) is 0 Å². The number of hydrogen-bond donors (Lipinski definition) is 1. The summed E-state index contributed by atoms with van der Waals surface area (Å²) in [4.78, 5) is 43.3. The van der Waals surface area contributed by atoms with E-state index >= 15 is 0 Å². The third-order valence-electron chi connectivity index (χ3n) is 3.23. The van der Waals surface area contributed by atoms with Gasteiger partial charge in [0.2, 0.25) is 12.3 Å². The van der Waals surface area contributed by atoms with Gasteiger partial charge in [0, 0.05) is 17.5 Å². The summed E-state index contributed by atoms with van der Waals surface area (Å²) in [5, 5.41) is 16.0. The fourth-order valence-electron chi connectivity index (χ4n) is 2.04. The number of rotatable bonds is 8. The molecule has 0 atom stereocenters. The average molecular weight is 436 g/mol. The number of hydrogen-bond acceptors (Lipinski definition) is 11. The van der Waals surface area contributed by atoms with Crippen LogP contribution in [-0.4, -0.2) is 39.8 Å². The van der Waals surface area contributed by atoms with Crippen molar-refractivity contribution in [2.75, 3.05) is 12.3 Å². The number of oxime groups is 1. The van der Waals surface area contributed by atoms with Gasteiger partial charge in [-0.1, -0.05) is 5.16 Å².